The molecule has 2 heterocycles. The van der Waals surface area contributed by atoms with Crippen molar-refractivity contribution in [3.8, 4) is 0 Å². The number of hydrogen-bond acceptors (Lipinski definition) is 4. The van der Waals surface area contributed by atoms with Gasteiger partial charge in [0.05, 0.1) is 12.8 Å². The van der Waals surface area contributed by atoms with Crippen LogP contribution in [0.3, 0.4) is 0 Å². The topological polar surface area (TPSA) is 54.0 Å². The van der Waals surface area contributed by atoms with Crippen LogP contribution in [0.1, 0.15) is 0 Å². The van der Waals surface area contributed by atoms with E-state index in [1.54, 1.807) is 18.6 Å². The Bertz CT molecular complexity index is 285. The number of nitrogens with two attached hydrogens (primary N) is 1. The molecule has 2 rings (SSSR count). The maximum atomic E-state index is 5.58. The molecule has 0 aromatic rings. The summed E-state index contributed by atoms with van der Waals surface area (Å²) in [6.45, 7) is 0.710. The molecule has 0 unspecified atom stereocenters. The Morgan fingerprint density at radius 2 is 2.45 bits per heavy atom. The zero-order chi connectivity index (χ0) is 7.68. The highest BCUT2D eigenvalue weighted by molar-refractivity contribution is 6.30. The summed E-state index contributed by atoms with van der Waals surface area (Å²) < 4.78 is 0. The van der Waals surface area contributed by atoms with Crippen LogP contribution in [0.15, 0.2) is 34.3 Å². The zero-order valence-corrected chi connectivity index (χ0v) is 5.94. The Morgan fingerprint density at radius 1 is 1.55 bits per heavy atom. The van der Waals surface area contributed by atoms with Crippen molar-refractivity contribution >= 4 is 12.1 Å². The van der Waals surface area contributed by atoms with Crippen molar-refractivity contribution in [2.24, 2.45) is 15.7 Å². The van der Waals surface area contributed by atoms with Gasteiger partial charge in [-0.1, -0.05) is 0 Å². The van der Waals surface area contributed by atoms with Crippen molar-refractivity contribution in [2.45, 2.75) is 0 Å². The highest BCUT2D eigenvalue weighted by Crippen LogP contribution is 2.06. The molecule has 2 N–H and O–H groups in total. The molecule has 0 atom stereocenters. The molecule has 0 spiro atoms. The predicted octanol–water partition coefficient (Wildman–Crippen LogP) is 0.0562. The highest BCUT2D eigenvalue weighted by Gasteiger charge is 2.12. The van der Waals surface area contributed by atoms with E-state index < -0.39 is 0 Å². The van der Waals surface area contributed by atoms with Gasteiger partial charge in [-0.3, -0.25) is 4.99 Å². The van der Waals surface area contributed by atoms with Crippen LogP contribution in [-0.4, -0.2) is 23.5 Å². The van der Waals surface area contributed by atoms with E-state index >= 15 is 0 Å². The smallest absolute Gasteiger partial charge is 0.151 e. The van der Waals surface area contributed by atoms with E-state index in [9.17, 15) is 0 Å². The fourth-order valence-corrected chi connectivity index (χ4v) is 1.01. The van der Waals surface area contributed by atoms with Crippen molar-refractivity contribution in [3.05, 3.63) is 24.3 Å². The van der Waals surface area contributed by atoms with E-state index in [0.29, 0.717) is 6.54 Å². The first-order chi connectivity index (χ1) is 5.36. The van der Waals surface area contributed by atoms with Crippen LogP contribution in [-0.2, 0) is 0 Å². The molecule has 56 valence electrons. The van der Waals surface area contributed by atoms with E-state index in [0.717, 1.165) is 11.5 Å². The quantitative estimate of drug-likeness (QED) is 0.528. The van der Waals surface area contributed by atoms with Crippen molar-refractivity contribution in [1.29, 1.82) is 0 Å². The van der Waals surface area contributed by atoms with Crippen molar-refractivity contribution in [3.63, 3.8) is 0 Å². The molecule has 0 radical (unpaired) electrons. The molecular formula is C7H8N4. The summed E-state index contributed by atoms with van der Waals surface area (Å²) in [5.41, 5.74) is 6.35. The standard InChI is InChI=1S/C7H8N4/c8-6-3-10-7-4-9-1-2-11(7)5-6/h1-4H,5,8H2. The number of rotatable bonds is 0. The third kappa shape index (κ3) is 1.02. The summed E-state index contributed by atoms with van der Waals surface area (Å²) >= 11 is 0. The second-order valence-corrected chi connectivity index (χ2v) is 2.40. The summed E-state index contributed by atoms with van der Waals surface area (Å²) in [6.07, 6.45) is 6.95. The maximum Gasteiger partial charge on any atom is 0.151 e. The molecule has 4 heteroatoms. The second kappa shape index (κ2) is 2.23. The van der Waals surface area contributed by atoms with Gasteiger partial charge in [0.2, 0.25) is 0 Å². The molecule has 0 aromatic heterocycles. The van der Waals surface area contributed by atoms with Crippen LogP contribution < -0.4 is 5.73 Å². The fourth-order valence-electron chi connectivity index (χ4n) is 1.01. The van der Waals surface area contributed by atoms with E-state index in [1.165, 1.54) is 0 Å². The lowest BCUT2D eigenvalue weighted by atomic mass is 10.3. The minimum Gasteiger partial charge on any atom is -0.399 e. The Balaban J connectivity index is 2.33. The highest BCUT2D eigenvalue weighted by atomic mass is 15.2. The molecule has 2 aliphatic rings. The number of aliphatic imine (C=N–C) groups is 2. The maximum absolute atomic E-state index is 5.58. The Labute approximate surface area is 64.4 Å². The average Bonchev–Trinajstić information content (AvgIpc) is 2.04. The van der Waals surface area contributed by atoms with Gasteiger partial charge in [-0.15, -0.1) is 0 Å². The SMILES string of the molecule is NC1=CN=C2C=NC=CN2C1. The van der Waals surface area contributed by atoms with E-state index in [1.807, 2.05) is 11.1 Å². The fraction of sp³-hybridized carbons (Fsp3) is 0.143. The molecule has 0 saturated carbocycles. The third-order valence-corrected chi connectivity index (χ3v) is 1.53. The molecule has 0 aromatic carbocycles. The summed E-state index contributed by atoms with van der Waals surface area (Å²) in [4.78, 5) is 9.97. The second-order valence-electron chi connectivity index (χ2n) is 2.40. The lowest BCUT2D eigenvalue weighted by molar-refractivity contribution is 0.593. The van der Waals surface area contributed by atoms with Gasteiger partial charge in [-0.2, -0.15) is 0 Å². The normalized spacial score (nSPS) is 20.9. The summed E-state index contributed by atoms with van der Waals surface area (Å²) in [7, 11) is 0. The van der Waals surface area contributed by atoms with Gasteiger partial charge in [0.25, 0.3) is 0 Å². The number of fused-ring (bicyclic) bond motifs is 1. The lowest BCUT2D eigenvalue weighted by Crippen LogP contribution is -2.34. The van der Waals surface area contributed by atoms with Crippen LogP contribution in [0.25, 0.3) is 0 Å². The van der Waals surface area contributed by atoms with Crippen molar-refractivity contribution in [1.82, 2.24) is 4.90 Å². The van der Waals surface area contributed by atoms with Gasteiger partial charge < -0.3 is 10.6 Å². The molecule has 2 aliphatic heterocycles. The van der Waals surface area contributed by atoms with E-state index in [2.05, 4.69) is 9.98 Å². The number of hydrogen-bond donors (Lipinski definition) is 1. The zero-order valence-electron chi connectivity index (χ0n) is 5.94. The summed E-state index contributed by atoms with van der Waals surface area (Å²) in [6, 6.07) is 0. The lowest BCUT2D eigenvalue weighted by Gasteiger charge is -2.23. The molecule has 0 saturated heterocycles. The molecule has 0 aliphatic carbocycles. The van der Waals surface area contributed by atoms with Crippen LogP contribution in [0, 0.1) is 0 Å². The largest absolute Gasteiger partial charge is 0.399 e. The van der Waals surface area contributed by atoms with Gasteiger partial charge in [-0.05, 0) is 0 Å². The molecule has 0 amide bonds. The Hall–Kier alpha value is -1.58. The van der Waals surface area contributed by atoms with E-state index in [4.69, 9.17) is 5.73 Å². The number of nitrogens with zero attached hydrogens (tertiary/aromatic N) is 3. The minimum atomic E-state index is 0.710. The first-order valence-corrected chi connectivity index (χ1v) is 3.35. The molecule has 0 bridgehead atoms. The third-order valence-electron chi connectivity index (χ3n) is 1.53. The van der Waals surface area contributed by atoms with Crippen LogP contribution in [0.4, 0.5) is 0 Å². The first kappa shape index (κ1) is 6.15. The predicted molar refractivity (Wildman–Crippen MR) is 44.0 cm³/mol. The molecular weight excluding hydrogens is 140 g/mol. The monoisotopic (exact) mass is 148 g/mol. The molecule has 4 nitrogen and oxygen atoms in total. The first-order valence-electron chi connectivity index (χ1n) is 3.35. The van der Waals surface area contributed by atoms with Gasteiger partial charge in [-0.25, -0.2) is 4.99 Å². The Kier molecular flexibility index (Phi) is 1.25. The van der Waals surface area contributed by atoms with E-state index in [-0.39, 0.29) is 0 Å². The summed E-state index contributed by atoms with van der Waals surface area (Å²) in [5.74, 6) is 0.849. The molecule has 11 heavy (non-hydrogen) atoms. The van der Waals surface area contributed by atoms with Gasteiger partial charge in [0, 0.05) is 24.3 Å². The number of amidine groups is 1. The van der Waals surface area contributed by atoms with Crippen LogP contribution in [0.2, 0.25) is 0 Å². The van der Waals surface area contributed by atoms with Crippen LogP contribution >= 0.6 is 0 Å². The van der Waals surface area contributed by atoms with Crippen molar-refractivity contribution in [2.75, 3.05) is 6.54 Å². The van der Waals surface area contributed by atoms with Gasteiger partial charge in [0.1, 0.15) is 0 Å². The van der Waals surface area contributed by atoms with Gasteiger partial charge >= 0.3 is 0 Å². The van der Waals surface area contributed by atoms with Crippen LogP contribution in [0.5, 0.6) is 0 Å². The Morgan fingerprint density at radius 3 is 3.36 bits per heavy atom. The van der Waals surface area contributed by atoms with Gasteiger partial charge in [0.15, 0.2) is 5.84 Å². The van der Waals surface area contributed by atoms with Crippen molar-refractivity contribution < 1.29 is 0 Å². The minimum absolute atomic E-state index is 0.710. The molecule has 0 fully saturated rings. The average molecular weight is 148 g/mol. The summed E-state index contributed by atoms with van der Waals surface area (Å²) in [5, 5.41) is 0.